The van der Waals surface area contributed by atoms with Gasteiger partial charge >= 0.3 is 0 Å². The van der Waals surface area contributed by atoms with Crippen LogP contribution in [0.3, 0.4) is 0 Å². The summed E-state index contributed by atoms with van der Waals surface area (Å²) in [5.74, 6) is 3.21. The van der Waals surface area contributed by atoms with Crippen LogP contribution in [-0.4, -0.2) is 29.0 Å². The number of benzene rings is 1. The van der Waals surface area contributed by atoms with Crippen molar-refractivity contribution in [3.63, 3.8) is 0 Å². The molecule has 22 heavy (non-hydrogen) atoms. The van der Waals surface area contributed by atoms with Gasteiger partial charge in [-0.2, -0.15) is 5.10 Å². The molecule has 2 aromatic heterocycles. The first-order valence-electron chi connectivity index (χ1n) is 6.61. The van der Waals surface area contributed by atoms with E-state index in [-0.39, 0.29) is 0 Å². The van der Waals surface area contributed by atoms with E-state index in [9.17, 15) is 0 Å². The minimum absolute atomic E-state index is 0.423. The van der Waals surface area contributed by atoms with Gasteiger partial charge in [-0.15, -0.1) is 0 Å². The Kier molecular flexibility index (Phi) is 3.72. The average molecular weight is 317 g/mol. The minimum atomic E-state index is 0.423. The van der Waals surface area contributed by atoms with Crippen LogP contribution < -0.4 is 9.47 Å². The highest BCUT2D eigenvalue weighted by Gasteiger charge is 2.20. The molecule has 0 spiro atoms. The molecule has 0 saturated carbocycles. The highest BCUT2D eigenvalue weighted by atomic mass is 32.1. The van der Waals surface area contributed by atoms with Crippen LogP contribution in [-0.2, 0) is 0 Å². The maximum absolute atomic E-state index is 5.66. The zero-order chi connectivity index (χ0) is 15.7. The number of aryl methyl sites for hydroxylation is 1. The molecule has 0 aliphatic rings. The van der Waals surface area contributed by atoms with E-state index in [1.807, 2.05) is 37.3 Å². The molecule has 3 aromatic rings. The second-order valence-electron chi connectivity index (χ2n) is 4.61. The second kappa shape index (κ2) is 5.69. The van der Waals surface area contributed by atoms with Crippen molar-refractivity contribution in [1.82, 2.24) is 14.8 Å². The first-order valence-corrected chi connectivity index (χ1v) is 7.02. The number of hydrogen-bond acceptors (Lipinski definition) is 5. The third kappa shape index (κ3) is 2.29. The Morgan fingerprint density at radius 2 is 1.82 bits per heavy atom. The van der Waals surface area contributed by atoms with Gasteiger partial charge in [0.1, 0.15) is 22.9 Å². The summed E-state index contributed by atoms with van der Waals surface area (Å²) < 4.78 is 18.7. The van der Waals surface area contributed by atoms with E-state index in [4.69, 9.17) is 26.1 Å². The van der Waals surface area contributed by atoms with Crippen LogP contribution in [0.25, 0.3) is 17.3 Å². The van der Waals surface area contributed by atoms with Crippen LogP contribution in [0.15, 0.2) is 34.7 Å². The molecule has 0 amide bonds. The van der Waals surface area contributed by atoms with Gasteiger partial charge in [0.15, 0.2) is 10.5 Å². The Morgan fingerprint density at radius 1 is 1.14 bits per heavy atom. The molecule has 0 radical (unpaired) electrons. The van der Waals surface area contributed by atoms with Gasteiger partial charge in [0, 0.05) is 0 Å². The molecule has 0 bridgehead atoms. The summed E-state index contributed by atoms with van der Waals surface area (Å²) in [7, 11) is 3.19. The van der Waals surface area contributed by atoms with E-state index in [0.29, 0.717) is 33.5 Å². The molecule has 7 heteroatoms. The fourth-order valence-electron chi connectivity index (χ4n) is 2.28. The summed E-state index contributed by atoms with van der Waals surface area (Å²) in [5, 5.41) is 7.06. The summed E-state index contributed by atoms with van der Waals surface area (Å²) in [6.45, 7) is 1.87. The standard InChI is InChI=1S/C15H15N3O3S/c1-9-7-8-12(21-9)14-16-17-15(22)18(14)13-10(19-2)5-4-6-11(13)20-3/h4-8H,1-3H3,(H,17,22). The van der Waals surface area contributed by atoms with E-state index in [0.717, 1.165) is 5.76 Å². The third-order valence-corrected chi connectivity index (χ3v) is 3.53. The summed E-state index contributed by atoms with van der Waals surface area (Å²) in [4.78, 5) is 0. The van der Waals surface area contributed by atoms with E-state index in [1.54, 1.807) is 18.8 Å². The molecule has 0 aliphatic heterocycles. The predicted octanol–water partition coefficient (Wildman–Crippen LogP) is 3.52. The average Bonchev–Trinajstić information content (AvgIpc) is 3.12. The summed E-state index contributed by atoms with van der Waals surface area (Å²) in [6, 6.07) is 9.24. The van der Waals surface area contributed by atoms with Gasteiger partial charge in [-0.05, 0) is 43.4 Å². The zero-order valence-corrected chi connectivity index (χ0v) is 13.2. The van der Waals surface area contributed by atoms with Crippen LogP contribution in [0.5, 0.6) is 11.5 Å². The smallest absolute Gasteiger partial charge is 0.203 e. The van der Waals surface area contributed by atoms with Gasteiger partial charge in [0.2, 0.25) is 5.82 Å². The maximum Gasteiger partial charge on any atom is 0.203 e. The number of ether oxygens (including phenoxy) is 2. The molecular weight excluding hydrogens is 302 g/mol. The monoisotopic (exact) mass is 317 g/mol. The Labute approximate surface area is 132 Å². The number of H-pyrrole nitrogens is 1. The molecular formula is C15H15N3O3S. The number of aromatic amines is 1. The number of nitrogens with one attached hydrogen (secondary N) is 1. The van der Waals surface area contributed by atoms with Gasteiger partial charge in [-0.1, -0.05) is 6.07 Å². The Hall–Kier alpha value is -2.54. The van der Waals surface area contributed by atoms with Crippen molar-refractivity contribution in [3.8, 4) is 28.8 Å². The summed E-state index contributed by atoms with van der Waals surface area (Å²) in [5.41, 5.74) is 0.676. The van der Waals surface area contributed by atoms with E-state index in [1.165, 1.54) is 0 Å². The molecule has 1 N–H and O–H groups in total. The predicted molar refractivity (Wildman–Crippen MR) is 84.3 cm³/mol. The lowest BCUT2D eigenvalue weighted by Crippen LogP contribution is -2.03. The van der Waals surface area contributed by atoms with Crippen LogP contribution >= 0.6 is 12.2 Å². The summed E-state index contributed by atoms with van der Waals surface area (Å²) in [6.07, 6.45) is 0. The van der Waals surface area contributed by atoms with E-state index in [2.05, 4.69) is 10.2 Å². The molecule has 0 fully saturated rings. The highest BCUT2D eigenvalue weighted by molar-refractivity contribution is 7.71. The number of aromatic nitrogens is 3. The van der Waals surface area contributed by atoms with Crippen LogP contribution in [0.4, 0.5) is 0 Å². The Balaban J connectivity index is 2.30. The van der Waals surface area contributed by atoms with Gasteiger partial charge in [-0.25, -0.2) is 0 Å². The minimum Gasteiger partial charge on any atom is -0.494 e. The van der Waals surface area contributed by atoms with Crippen LogP contribution in [0.1, 0.15) is 5.76 Å². The number of methoxy groups -OCH3 is 2. The van der Waals surface area contributed by atoms with Crippen molar-refractivity contribution in [3.05, 3.63) is 40.9 Å². The van der Waals surface area contributed by atoms with Crippen molar-refractivity contribution >= 4 is 12.2 Å². The van der Waals surface area contributed by atoms with Crippen molar-refractivity contribution in [2.24, 2.45) is 0 Å². The molecule has 6 nitrogen and oxygen atoms in total. The number of furan rings is 1. The molecule has 1 aromatic carbocycles. The third-order valence-electron chi connectivity index (χ3n) is 3.26. The topological polar surface area (TPSA) is 65.2 Å². The van der Waals surface area contributed by atoms with E-state index >= 15 is 0 Å². The maximum atomic E-state index is 5.66. The van der Waals surface area contributed by atoms with Crippen molar-refractivity contribution in [1.29, 1.82) is 0 Å². The lowest BCUT2D eigenvalue weighted by molar-refractivity contribution is 0.391. The highest BCUT2D eigenvalue weighted by Crippen LogP contribution is 2.35. The fraction of sp³-hybridized carbons (Fsp3) is 0.200. The molecule has 0 atom stereocenters. The Morgan fingerprint density at radius 3 is 2.36 bits per heavy atom. The SMILES string of the molecule is COc1cccc(OC)c1-n1c(-c2ccc(C)o2)n[nH]c1=S. The molecule has 0 saturated heterocycles. The lowest BCUT2D eigenvalue weighted by Gasteiger charge is -2.14. The molecule has 0 aliphatic carbocycles. The van der Waals surface area contributed by atoms with Crippen LogP contribution in [0, 0.1) is 11.7 Å². The van der Waals surface area contributed by atoms with Gasteiger partial charge in [-0.3, -0.25) is 9.67 Å². The molecule has 114 valence electrons. The largest absolute Gasteiger partial charge is 0.494 e. The van der Waals surface area contributed by atoms with Crippen LogP contribution in [0.2, 0.25) is 0 Å². The number of hydrogen-bond donors (Lipinski definition) is 1. The summed E-state index contributed by atoms with van der Waals surface area (Å²) >= 11 is 5.37. The first kappa shape index (κ1) is 14.4. The molecule has 2 heterocycles. The second-order valence-corrected chi connectivity index (χ2v) is 5.00. The van der Waals surface area contributed by atoms with Gasteiger partial charge in [0.05, 0.1) is 14.2 Å². The first-order chi connectivity index (χ1) is 10.7. The lowest BCUT2D eigenvalue weighted by atomic mass is 10.2. The van der Waals surface area contributed by atoms with Gasteiger partial charge in [0.25, 0.3) is 0 Å². The number of rotatable bonds is 4. The Bertz CT molecular complexity index is 841. The fourth-order valence-corrected chi connectivity index (χ4v) is 2.50. The number of nitrogens with zero attached hydrogens (tertiary/aromatic N) is 2. The molecule has 0 unspecified atom stereocenters. The van der Waals surface area contributed by atoms with Gasteiger partial charge < -0.3 is 13.9 Å². The number of para-hydroxylation sites is 1. The zero-order valence-electron chi connectivity index (χ0n) is 12.4. The molecule has 3 rings (SSSR count). The van der Waals surface area contributed by atoms with E-state index < -0.39 is 0 Å². The van der Waals surface area contributed by atoms with Crippen molar-refractivity contribution < 1.29 is 13.9 Å². The van der Waals surface area contributed by atoms with Crippen molar-refractivity contribution in [2.45, 2.75) is 6.92 Å². The van der Waals surface area contributed by atoms with Crippen molar-refractivity contribution in [2.75, 3.05) is 14.2 Å². The normalized spacial score (nSPS) is 10.7. The quantitative estimate of drug-likeness (QED) is 0.746.